The summed E-state index contributed by atoms with van der Waals surface area (Å²) in [7, 11) is 0. The Morgan fingerprint density at radius 2 is 3.00 bits per heavy atom. The molecule has 0 fully saturated rings. The summed E-state index contributed by atoms with van der Waals surface area (Å²) in [6.07, 6.45) is 0. The van der Waals surface area contributed by atoms with Gasteiger partial charge in [-0.15, -0.1) is 0 Å². The van der Waals surface area contributed by atoms with Crippen LogP contribution in [-0.4, -0.2) is 17.8 Å². The molecular formula is C3H9NO. The highest BCUT2D eigenvalue weighted by Crippen LogP contribution is 1.62. The lowest BCUT2D eigenvalue weighted by Gasteiger charge is -1.91. The first-order valence-corrected chi connectivity index (χ1v) is 1.47. The molecule has 0 aromatic heterocycles. The lowest BCUT2D eigenvalue weighted by Crippen LogP contribution is -2.18. The van der Waals surface area contributed by atoms with E-state index in [4.69, 9.17) is 12.2 Å². The Bertz CT molecular complexity index is 30.0. The highest BCUT2D eigenvalue weighted by Gasteiger charge is 1.81. The number of hydrogen-bond donors (Lipinski definition) is 2. The van der Waals surface area contributed by atoms with Crippen LogP contribution in [-0.2, 0) is 0 Å². The predicted octanol–water partition coefficient (Wildman–Crippen LogP) is -0.674. The fourth-order valence-corrected chi connectivity index (χ4v) is 0. The molecule has 1 atom stereocenters. The van der Waals surface area contributed by atoms with Gasteiger partial charge in [0.15, 0.2) is 0 Å². The van der Waals surface area contributed by atoms with E-state index in [1.807, 2.05) is 0 Å². The first-order chi connectivity index (χ1) is 2.81. The van der Waals surface area contributed by atoms with Gasteiger partial charge in [-0.25, -0.2) is 0 Å². The first kappa shape index (κ1) is 3.12. The van der Waals surface area contributed by atoms with Crippen LogP contribution >= 0.6 is 0 Å². The average molecular weight is 76.1 g/mol. The van der Waals surface area contributed by atoms with E-state index in [0.29, 0.717) is 0 Å². The van der Waals surface area contributed by atoms with Crippen molar-refractivity contribution in [3.63, 3.8) is 0 Å². The van der Waals surface area contributed by atoms with E-state index in [-0.39, 0.29) is 19.5 Å². The fourth-order valence-electron chi connectivity index (χ4n) is 0. The highest BCUT2D eigenvalue weighted by atomic mass is 16.3. The lowest BCUT2D eigenvalue weighted by atomic mass is 10.4. The highest BCUT2D eigenvalue weighted by molar-refractivity contribution is 4.43. The number of hydrogen-bond acceptors (Lipinski definition) is 2. The second-order valence-corrected chi connectivity index (χ2v) is 0.943. The second-order valence-electron chi connectivity index (χ2n) is 0.943. The molecule has 3 N–H and O–H groups in total. The van der Waals surface area contributed by atoms with Crippen LogP contribution in [0.2, 0.25) is 0 Å². The van der Waals surface area contributed by atoms with Crippen LogP contribution in [0.3, 0.4) is 0 Å². The summed E-state index contributed by atoms with van der Waals surface area (Å²) < 4.78 is 6.52. The first-order valence-electron chi connectivity index (χ1n) is 2.17. The molecule has 0 saturated carbocycles. The molecule has 0 radical (unpaired) electrons. The number of aliphatic hydroxyl groups excluding tert-OH is 1. The quantitative estimate of drug-likeness (QED) is 0.435. The average Bonchev–Trinajstić information content (AvgIpc) is 1.65. The van der Waals surface area contributed by atoms with Gasteiger partial charge in [0.05, 0.1) is 6.61 Å². The molecule has 0 spiro atoms. The fraction of sp³-hybridized carbons (Fsp3) is 1.00. The van der Waals surface area contributed by atoms with Gasteiger partial charge in [-0.05, 0) is 6.90 Å². The molecule has 0 heterocycles. The van der Waals surface area contributed by atoms with Crippen molar-refractivity contribution in [2.45, 2.75) is 12.9 Å². The zero-order valence-corrected chi connectivity index (χ0v) is 3.02. The van der Waals surface area contributed by atoms with Crippen LogP contribution in [0.15, 0.2) is 0 Å². The molecule has 2 nitrogen and oxygen atoms in total. The van der Waals surface area contributed by atoms with E-state index in [1.165, 1.54) is 0 Å². The standard InChI is InChI=1S/C3H9NO/c1-3(4)2-5/h3,5H,2,4H2,1H3/t3-/m0/s1/i1D. The molecule has 0 bridgehead atoms. The Morgan fingerprint density at radius 3 is 3.00 bits per heavy atom. The molecule has 0 rings (SSSR count). The van der Waals surface area contributed by atoms with Crippen molar-refractivity contribution < 1.29 is 6.48 Å². The van der Waals surface area contributed by atoms with Crippen LogP contribution in [0.5, 0.6) is 0 Å². The monoisotopic (exact) mass is 76.1 g/mol. The molecule has 0 aliphatic carbocycles. The largest absolute Gasteiger partial charge is 0.395 e. The minimum absolute atomic E-state index is 0.0799. The van der Waals surface area contributed by atoms with E-state index in [0.717, 1.165) is 0 Å². The maximum absolute atomic E-state index is 8.09. The van der Waals surface area contributed by atoms with Crippen LogP contribution in [0.25, 0.3) is 0 Å². The van der Waals surface area contributed by atoms with E-state index >= 15 is 0 Å². The summed E-state index contributed by atoms with van der Waals surface area (Å²) in [6, 6.07) is -0.343. The number of nitrogens with two attached hydrogens (primary N) is 1. The molecule has 0 aromatic rings. The summed E-state index contributed by atoms with van der Waals surface area (Å²) in [6.45, 7) is 0.0278. The van der Waals surface area contributed by atoms with Crippen molar-refractivity contribution in [1.82, 2.24) is 0 Å². The van der Waals surface area contributed by atoms with Gasteiger partial charge in [0.1, 0.15) is 0 Å². The molecule has 0 amide bonds. The van der Waals surface area contributed by atoms with Crippen LogP contribution in [0.1, 0.15) is 8.27 Å². The molecule has 0 unspecified atom stereocenters. The Balaban J connectivity index is 2.75. The van der Waals surface area contributed by atoms with Crippen molar-refractivity contribution in [2.75, 3.05) is 6.61 Å². The molecule has 32 valence electrons. The van der Waals surface area contributed by atoms with Crippen molar-refractivity contribution in [2.24, 2.45) is 5.73 Å². The molecule has 0 aliphatic heterocycles. The molecule has 0 saturated heterocycles. The third kappa shape index (κ3) is 3.92. The molecule has 0 aliphatic rings. The molecule has 2 heteroatoms. The maximum atomic E-state index is 8.09. The summed E-state index contributed by atoms with van der Waals surface area (Å²) in [5.74, 6) is 0. The number of rotatable bonds is 1. The van der Waals surface area contributed by atoms with E-state index < -0.39 is 0 Å². The van der Waals surface area contributed by atoms with E-state index in [2.05, 4.69) is 0 Å². The van der Waals surface area contributed by atoms with Crippen molar-refractivity contribution >= 4 is 0 Å². The molecule has 0 aromatic carbocycles. The summed E-state index contributed by atoms with van der Waals surface area (Å²) in [4.78, 5) is 0. The maximum Gasteiger partial charge on any atom is 0.0579 e. The zero-order chi connectivity index (χ0) is 4.99. The van der Waals surface area contributed by atoms with Crippen molar-refractivity contribution in [1.29, 1.82) is 0 Å². The van der Waals surface area contributed by atoms with Gasteiger partial charge in [0.25, 0.3) is 0 Å². The minimum atomic E-state index is -0.343. The summed E-state index contributed by atoms with van der Waals surface area (Å²) in [5, 5.41) is 8.09. The predicted molar refractivity (Wildman–Crippen MR) is 20.7 cm³/mol. The SMILES string of the molecule is [2H]C[C@H](N)CO. The number of aliphatic hydroxyl groups is 1. The second kappa shape index (κ2) is 2.18. The van der Waals surface area contributed by atoms with Gasteiger partial charge >= 0.3 is 0 Å². The Kier molecular flexibility index (Phi) is 1.36. The van der Waals surface area contributed by atoms with Gasteiger partial charge in [0.2, 0.25) is 0 Å². The molecular weight excluding hydrogens is 66.0 g/mol. The van der Waals surface area contributed by atoms with Gasteiger partial charge in [-0.2, -0.15) is 0 Å². The van der Waals surface area contributed by atoms with Crippen molar-refractivity contribution in [3.8, 4) is 0 Å². The van der Waals surface area contributed by atoms with Gasteiger partial charge in [0, 0.05) is 7.41 Å². The van der Waals surface area contributed by atoms with Crippen LogP contribution in [0, 0.1) is 0 Å². The van der Waals surface area contributed by atoms with E-state index in [9.17, 15) is 0 Å². The van der Waals surface area contributed by atoms with Gasteiger partial charge in [-0.1, -0.05) is 0 Å². The van der Waals surface area contributed by atoms with Crippen molar-refractivity contribution in [3.05, 3.63) is 0 Å². The van der Waals surface area contributed by atoms with Crippen LogP contribution in [0.4, 0.5) is 0 Å². The molecule has 5 heavy (non-hydrogen) atoms. The third-order valence-electron chi connectivity index (χ3n) is 0.235. The van der Waals surface area contributed by atoms with Crippen LogP contribution < -0.4 is 5.73 Å². The smallest absolute Gasteiger partial charge is 0.0579 e. The minimum Gasteiger partial charge on any atom is -0.395 e. The summed E-state index contributed by atoms with van der Waals surface area (Å²) in [5.41, 5.74) is 5.03. The lowest BCUT2D eigenvalue weighted by molar-refractivity contribution is 0.273. The van der Waals surface area contributed by atoms with E-state index in [1.54, 1.807) is 0 Å². The Morgan fingerprint density at radius 1 is 2.40 bits per heavy atom. The van der Waals surface area contributed by atoms with Gasteiger partial charge < -0.3 is 10.8 Å². The Labute approximate surface area is 33.0 Å². The summed E-state index contributed by atoms with van der Waals surface area (Å²) >= 11 is 0. The topological polar surface area (TPSA) is 46.2 Å². The third-order valence-corrected chi connectivity index (χ3v) is 0.235. The van der Waals surface area contributed by atoms with Gasteiger partial charge in [-0.3, -0.25) is 0 Å². The Hall–Kier alpha value is -0.0800. The normalized spacial score (nSPS) is 17.6. The zero-order valence-electron chi connectivity index (χ0n) is 4.02.